The first-order valence-corrected chi connectivity index (χ1v) is 7.20. The average Bonchev–Trinajstić information content (AvgIpc) is 2.40. The van der Waals surface area contributed by atoms with E-state index >= 15 is 0 Å². The molecule has 110 valence electrons. The fourth-order valence-electron chi connectivity index (χ4n) is 2.49. The Hall–Kier alpha value is -1.46. The van der Waals surface area contributed by atoms with Crippen molar-refractivity contribution in [3.63, 3.8) is 0 Å². The first-order chi connectivity index (χ1) is 9.69. The van der Waals surface area contributed by atoms with E-state index in [4.69, 9.17) is 27.6 Å². The van der Waals surface area contributed by atoms with Crippen molar-refractivity contribution in [1.29, 1.82) is 0 Å². The molecular weight excluding hydrogens is 278 g/mol. The molecule has 1 aliphatic carbocycles. The lowest BCUT2D eigenvalue weighted by Crippen LogP contribution is -2.42. The van der Waals surface area contributed by atoms with Gasteiger partial charge >= 0.3 is 0 Å². The summed E-state index contributed by atoms with van der Waals surface area (Å²) in [6.07, 6.45) is 4.12. The lowest BCUT2D eigenvalue weighted by Gasteiger charge is -2.40. The van der Waals surface area contributed by atoms with Crippen LogP contribution in [-0.2, 0) is 0 Å². The molecule has 0 spiro atoms. The zero-order valence-corrected chi connectivity index (χ0v) is 12.1. The van der Waals surface area contributed by atoms with Crippen LogP contribution in [0.3, 0.4) is 0 Å². The Morgan fingerprint density at radius 1 is 1.45 bits per heavy atom. The molecule has 2 rings (SSSR count). The van der Waals surface area contributed by atoms with Gasteiger partial charge < -0.3 is 20.9 Å². The summed E-state index contributed by atoms with van der Waals surface area (Å²) in [5.41, 5.74) is 7.19. The third-order valence-electron chi connectivity index (χ3n) is 3.74. The number of rotatable bonds is 6. The van der Waals surface area contributed by atoms with Crippen LogP contribution < -0.4 is 10.6 Å². The van der Waals surface area contributed by atoms with Crippen LogP contribution in [0.2, 0.25) is 5.02 Å². The van der Waals surface area contributed by atoms with Crippen LogP contribution in [0.5, 0.6) is 0 Å². The van der Waals surface area contributed by atoms with E-state index in [0.717, 1.165) is 25.1 Å². The molecule has 0 atom stereocenters. The van der Waals surface area contributed by atoms with Crippen molar-refractivity contribution in [2.75, 3.05) is 18.1 Å². The number of nitrogens with zero attached hydrogens (tertiary/aromatic N) is 2. The largest absolute Gasteiger partial charge is 0.409 e. The van der Waals surface area contributed by atoms with E-state index in [1.165, 1.54) is 6.42 Å². The molecule has 0 bridgehead atoms. The molecule has 1 aliphatic rings. The Bertz CT molecular complexity index is 489. The number of amidine groups is 1. The number of halogens is 1. The molecule has 0 heterocycles. The number of aliphatic hydroxyl groups excluding tert-OH is 1. The van der Waals surface area contributed by atoms with Gasteiger partial charge in [-0.1, -0.05) is 22.8 Å². The maximum Gasteiger partial charge on any atom is 0.173 e. The Balaban J connectivity index is 2.38. The third-order valence-corrected chi connectivity index (χ3v) is 4.05. The second-order valence-electron chi connectivity index (χ2n) is 4.97. The molecule has 1 aromatic carbocycles. The lowest BCUT2D eigenvalue weighted by molar-refractivity contribution is 0.283. The van der Waals surface area contributed by atoms with Crippen molar-refractivity contribution >= 4 is 23.1 Å². The topological polar surface area (TPSA) is 82.1 Å². The number of aliphatic hydroxyl groups is 1. The van der Waals surface area contributed by atoms with Crippen LogP contribution in [0.15, 0.2) is 23.4 Å². The minimum atomic E-state index is 0.0129. The third kappa shape index (κ3) is 2.99. The summed E-state index contributed by atoms with van der Waals surface area (Å²) in [6, 6.07) is 5.94. The van der Waals surface area contributed by atoms with Gasteiger partial charge in [0.25, 0.3) is 0 Å². The van der Waals surface area contributed by atoms with Crippen LogP contribution in [0.4, 0.5) is 5.69 Å². The maximum atomic E-state index is 9.07. The van der Waals surface area contributed by atoms with Crippen molar-refractivity contribution in [3.8, 4) is 0 Å². The molecule has 4 N–H and O–H groups in total. The quantitative estimate of drug-likeness (QED) is 0.325. The smallest absolute Gasteiger partial charge is 0.173 e. The van der Waals surface area contributed by atoms with E-state index in [0.29, 0.717) is 23.0 Å². The molecule has 0 amide bonds. The van der Waals surface area contributed by atoms with E-state index in [2.05, 4.69) is 10.1 Å². The second kappa shape index (κ2) is 6.81. The van der Waals surface area contributed by atoms with Gasteiger partial charge in [0.15, 0.2) is 5.84 Å². The molecule has 0 saturated heterocycles. The highest BCUT2D eigenvalue weighted by atomic mass is 35.5. The van der Waals surface area contributed by atoms with E-state index in [9.17, 15) is 0 Å². The zero-order valence-electron chi connectivity index (χ0n) is 11.3. The second-order valence-corrected chi connectivity index (χ2v) is 5.38. The van der Waals surface area contributed by atoms with Crippen molar-refractivity contribution in [2.24, 2.45) is 10.9 Å². The highest BCUT2D eigenvalue weighted by Crippen LogP contribution is 2.34. The molecule has 0 aliphatic heterocycles. The van der Waals surface area contributed by atoms with Gasteiger partial charge in [-0.3, -0.25) is 0 Å². The fourth-order valence-corrected chi connectivity index (χ4v) is 2.76. The summed E-state index contributed by atoms with van der Waals surface area (Å²) in [6.45, 7) is 0.871. The highest BCUT2D eigenvalue weighted by molar-refractivity contribution is 6.34. The van der Waals surface area contributed by atoms with E-state index in [1.54, 1.807) is 6.07 Å². The van der Waals surface area contributed by atoms with Crippen molar-refractivity contribution in [2.45, 2.75) is 31.7 Å². The Morgan fingerprint density at radius 3 is 2.75 bits per heavy atom. The molecule has 20 heavy (non-hydrogen) atoms. The number of nitrogens with two attached hydrogens (primary N) is 1. The van der Waals surface area contributed by atoms with Gasteiger partial charge in [-0.25, -0.2) is 0 Å². The average molecular weight is 298 g/mol. The van der Waals surface area contributed by atoms with Gasteiger partial charge in [0.1, 0.15) is 0 Å². The molecule has 1 fully saturated rings. The molecule has 5 nitrogen and oxygen atoms in total. The number of hydrogen-bond donors (Lipinski definition) is 3. The molecule has 0 aromatic heterocycles. The van der Waals surface area contributed by atoms with Gasteiger partial charge in [0.2, 0.25) is 0 Å². The predicted molar refractivity (Wildman–Crippen MR) is 80.7 cm³/mol. The minimum absolute atomic E-state index is 0.0129. The number of anilines is 1. The maximum absolute atomic E-state index is 9.07. The number of benzene rings is 1. The van der Waals surface area contributed by atoms with Crippen LogP contribution >= 0.6 is 11.6 Å². The first-order valence-electron chi connectivity index (χ1n) is 6.83. The molecule has 0 radical (unpaired) electrons. The minimum Gasteiger partial charge on any atom is -0.409 e. The van der Waals surface area contributed by atoms with Crippen LogP contribution in [-0.4, -0.2) is 35.3 Å². The Labute approximate surface area is 123 Å². The molecule has 1 saturated carbocycles. The summed E-state index contributed by atoms with van der Waals surface area (Å²) in [7, 11) is 0. The van der Waals surface area contributed by atoms with Gasteiger partial charge in [0.05, 0.1) is 10.6 Å². The number of oxime groups is 1. The van der Waals surface area contributed by atoms with Crippen molar-refractivity contribution < 1.29 is 10.3 Å². The van der Waals surface area contributed by atoms with E-state index < -0.39 is 0 Å². The van der Waals surface area contributed by atoms with E-state index in [-0.39, 0.29) is 12.4 Å². The summed E-state index contributed by atoms with van der Waals surface area (Å²) >= 11 is 6.20. The van der Waals surface area contributed by atoms with Gasteiger partial charge in [0, 0.05) is 24.9 Å². The van der Waals surface area contributed by atoms with Crippen LogP contribution in [0, 0.1) is 0 Å². The van der Waals surface area contributed by atoms with Crippen molar-refractivity contribution in [1.82, 2.24) is 0 Å². The summed E-state index contributed by atoms with van der Waals surface area (Å²) in [5, 5.41) is 21.6. The van der Waals surface area contributed by atoms with E-state index in [1.807, 2.05) is 12.1 Å². The molecular formula is C14H20ClN3O2. The molecule has 0 unspecified atom stereocenters. The summed E-state index contributed by atoms with van der Waals surface area (Å²) in [4.78, 5) is 2.21. The molecule has 1 aromatic rings. The lowest BCUT2D eigenvalue weighted by atomic mass is 9.90. The number of hydrogen-bond acceptors (Lipinski definition) is 4. The standard InChI is InChI=1S/C14H20ClN3O2/c15-11-6-2-7-12(13(11)14(16)17-20)18(8-3-9-19)10-4-1-5-10/h2,6-7,10,19-20H,1,3-5,8-9H2,(H2,16,17). The van der Waals surface area contributed by atoms with Gasteiger partial charge in [-0.15, -0.1) is 0 Å². The fraction of sp³-hybridized carbons (Fsp3) is 0.500. The van der Waals surface area contributed by atoms with Gasteiger partial charge in [-0.2, -0.15) is 0 Å². The van der Waals surface area contributed by atoms with Crippen LogP contribution in [0.25, 0.3) is 0 Å². The SMILES string of the molecule is N/C(=N/O)c1c(Cl)cccc1N(CCCO)C1CCC1. The Morgan fingerprint density at radius 2 is 2.20 bits per heavy atom. The molecule has 6 heteroatoms. The monoisotopic (exact) mass is 297 g/mol. The van der Waals surface area contributed by atoms with Crippen LogP contribution in [0.1, 0.15) is 31.2 Å². The first kappa shape index (κ1) is 14.9. The predicted octanol–water partition coefficient (Wildman–Crippen LogP) is 2.18. The normalized spacial score (nSPS) is 16.0. The zero-order chi connectivity index (χ0) is 14.5. The summed E-state index contributed by atoms with van der Waals surface area (Å²) in [5.74, 6) is 0.0129. The Kier molecular flexibility index (Phi) is 5.09. The summed E-state index contributed by atoms with van der Waals surface area (Å²) < 4.78 is 0. The van der Waals surface area contributed by atoms with Gasteiger partial charge in [-0.05, 0) is 37.8 Å². The van der Waals surface area contributed by atoms with Crippen molar-refractivity contribution in [3.05, 3.63) is 28.8 Å². The highest BCUT2D eigenvalue weighted by Gasteiger charge is 2.27.